The van der Waals surface area contributed by atoms with Crippen LogP contribution in [0.1, 0.15) is 16.7 Å². The maximum Gasteiger partial charge on any atom is 0.0927 e. The van der Waals surface area contributed by atoms with Gasteiger partial charge in [0.2, 0.25) is 0 Å². The minimum Gasteiger partial charge on any atom is -0.193 e. The molecule has 0 N–H and O–H groups in total. The zero-order valence-electron chi connectivity index (χ0n) is 7.63. The molecule has 0 spiro atoms. The van der Waals surface area contributed by atoms with Gasteiger partial charge in [-0.15, -0.1) is 0 Å². The van der Waals surface area contributed by atoms with Crippen molar-refractivity contribution in [2.24, 2.45) is 0 Å². The summed E-state index contributed by atoms with van der Waals surface area (Å²) in [6, 6.07) is 7.80. The molecule has 1 aromatic carbocycles. The van der Waals surface area contributed by atoms with Gasteiger partial charge in [-0.25, -0.2) is 0 Å². The Morgan fingerprint density at radius 2 is 2.08 bits per heavy atom. The third-order valence-electron chi connectivity index (χ3n) is 1.97. The van der Waals surface area contributed by atoms with Crippen LogP contribution in [0.2, 0.25) is 0 Å². The second-order valence-electron chi connectivity index (χ2n) is 2.92. The number of hydrogen-bond acceptors (Lipinski definition) is 1. The van der Waals surface area contributed by atoms with Gasteiger partial charge in [0.05, 0.1) is 11.1 Å². The second-order valence-corrected chi connectivity index (χ2v) is 3.33. The van der Waals surface area contributed by atoms with Crippen LogP contribution in [0.5, 0.6) is 0 Å². The monoisotopic (exact) mass is 191 g/mol. The SMILES string of the molecule is Cc1ccc(/C(Cl)=C/C#N)cc1C. The molecule has 0 saturated heterocycles. The first-order valence-electron chi connectivity index (χ1n) is 3.98. The van der Waals surface area contributed by atoms with Crippen LogP contribution >= 0.6 is 11.6 Å². The molecular weight excluding hydrogens is 182 g/mol. The van der Waals surface area contributed by atoms with E-state index in [1.54, 1.807) is 0 Å². The van der Waals surface area contributed by atoms with E-state index in [1.807, 2.05) is 38.1 Å². The molecule has 66 valence electrons. The first kappa shape index (κ1) is 9.83. The molecule has 0 atom stereocenters. The largest absolute Gasteiger partial charge is 0.193 e. The van der Waals surface area contributed by atoms with E-state index in [-0.39, 0.29) is 0 Å². The topological polar surface area (TPSA) is 23.8 Å². The lowest BCUT2D eigenvalue weighted by atomic mass is 10.1. The van der Waals surface area contributed by atoms with E-state index in [0.717, 1.165) is 5.56 Å². The molecule has 0 aliphatic heterocycles. The first-order valence-corrected chi connectivity index (χ1v) is 4.36. The fourth-order valence-electron chi connectivity index (χ4n) is 1.03. The van der Waals surface area contributed by atoms with Gasteiger partial charge in [-0.2, -0.15) is 5.26 Å². The summed E-state index contributed by atoms with van der Waals surface area (Å²) in [6.07, 6.45) is 1.34. The zero-order valence-corrected chi connectivity index (χ0v) is 8.39. The summed E-state index contributed by atoms with van der Waals surface area (Å²) in [4.78, 5) is 0. The van der Waals surface area contributed by atoms with Crippen LogP contribution in [0.4, 0.5) is 0 Å². The standard InChI is InChI=1S/C11H10ClN/c1-8-3-4-10(7-9(8)2)11(12)5-6-13/h3-5,7H,1-2H3/b11-5-. The van der Waals surface area contributed by atoms with Gasteiger partial charge < -0.3 is 0 Å². The Labute approximate surface area is 83.3 Å². The number of rotatable bonds is 1. The molecule has 2 heteroatoms. The molecule has 0 heterocycles. The molecule has 0 fully saturated rings. The highest BCUT2D eigenvalue weighted by molar-refractivity contribution is 6.49. The minimum absolute atomic E-state index is 0.491. The quantitative estimate of drug-likeness (QED) is 0.625. The number of halogens is 1. The predicted molar refractivity (Wildman–Crippen MR) is 55.4 cm³/mol. The third kappa shape index (κ3) is 2.34. The molecule has 0 aliphatic rings. The van der Waals surface area contributed by atoms with Crippen LogP contribution in [0.15, 0.2) is 24.3 Å². The summed E-state index contributed by atoms with van der Waals surface area (Å²) in [5, 5.41) is 8.90. The Morgan fingerprint density at radius 3 is 2.62 bits per heavy atom. The van der Waals surface area contributed by atoms with Crippen molar-refractivity contribution < 1.29 is 0 Å². The second kappa shape index (κ2) is 4.11. The summed E-state index contributed by atoms with van der Waals surface area (Å²) >= 11 is 5.87. The third-order valence-corrected chi connectivity index (χ3v) is 2.30. The van der Waals surface area contributed by atoms with E-state index in [9.17, 15) is 0 Å². The first-order chi connectivity index (χ1) is 6.15. The number of nitrogens with zero attached hydrogens (tertiary/aromatic N) is 1. The van der Waals surface area contributed by atoms with Gasteiger partial charge in [0.1, 0.15) is 0 Å². The van der Waals surface area contributed by atoms with Crippen molar-refractivity contribution in [2.45, 2.75) is 13.8 Å². The Hall–Kier alpha value is -1.26. The zero-order chi connectivity index (χ0) is 9.84. The lowest BCUT2D eigenvalue weighted by molar-refractivity contribution is 1.33. The molecule has 0 unspecified atom stereocenters. The average molecular weight is 192 g/mol. The summed E-state index contributed by atoms with van der Waals surface area (Å²) in [6.45, 7) is 4.07. The highest BCUT2D eigenvalue weighted by Crippen LogP contribution is 2.20. The van der Waals surface area contributed by atoms with Gasteiger partial charge in [0, 0.05) is 6.08 Å². The number of nitriles is 1. The highest BCUT2D eigenvalue weighted by atomic mass is 35.5. The molecule has 0 radical (unpaired) electrons. The van der Waals surface area contributed by atoms with Gasteiger partial charge >= 0.3 is 0 Å². The Kier molecular flexibility index (Phi) is 3.11. The lowest BCUT2D eigenvalue weighted by Crippen LogP contribution is -1.83. The van der Waals surface area contributed by atoms with Crippen LogP contribution in [-0.2, 0) is 0 Å². The van der Waals surface area contributed by atoms with Crippen molar-refractivity contribution in [1.29, 1.82) is 5.26 Å². The molecule has 0 amide bonds. The number of aryl methyl sites for hydroxylation is 2. The summed E-state index contributed by atoms with van der Waals surface area (Å²) in [7, 11) is 0. The number of allylic oxidation sites excluding steroid dienone is 1. The van der Waals surface area contributed by atoms with Crippen molar-refractivity contribution in [1.82, 2.24) is 0 Å². The Bertz CT molecular complexity index is 386. The number of benzene rings is 1. The van der Waals surface area contributed by atoms with Gasteiger partial charge in [-0.05, 0) is 30.5 Å². The maximum absolute atomic E-state index is 8.41. The Balaban J connectivity index is 3.13. The van der Waals surface area contributed by atoms with Gasteiger partial charge in [-0.3, -0.25) is 0 Å². The smallest absolute Gasteiger partial charge is 0.0927 e. The van der Waals surface area contributed by atoms with Crippen molar-refractivity contribution in [3.8, 4) is 6.07 Å². The molecule has 0 aliphatic carbocycles. The number of hydrogen-bond donors (Lipinski definition) is 0. The maximum atomic E-state index is 8.41. The van der Waals surface area contributed by atoms with E-state index in [2.05, 4.69) is 0 Å². The summed E-state index contributed by atoms with van der Waals surface area (Å²) < 4.78 is 0. The van der Waals surface area contributed by atoms with Crippen LogP contribution in [0.3, 0.4) is 0 Å². The van der Waals surface area contributed by atoms with E-state index >= 15 is 0 Å². The minimum atomic E-state index is 0.491. The fourth-order valence-corrected chi connectivity index (χ4v) is 1.20. The molecular formula is C11H10ClN. The van der Waals surface area contributed by atoms with Crippen molar-refractivity contribution in [3.63, 3.8) is 0 Å². The highest BCUT2D eigenvalue weighted by Gasteiger charge is 1.99. The van der Waals surface area contributed by atoms with Gasteiger partial charge in [0.15, 0.2) is 0 Å². The summed E-state index contributed by atoms with van der Waals surface area (Å²) in [5.41, 5.74) is 3.30. The molecule has 1 aromatic rings. The molecule has 1 nitrogen and oxygen atoms in total. The normalized spacial score (nSPS) is 11.1. The summed E-state index contributed by atoms with van der Waals surface area (Å²) in [5.74, 6) is 0. The van der Waals surface area contributed by atoms with Crippen molar-refractivity contribution in [2.75, 3.05) is 0 Å². The van der Waals surface area contributed by atoms with E-state index in [1.165, 1.54) is 17.2 Å². The van der Waals surface area contributed by atoms with Gasteiger partial charge in [0.25, 0.3) is 0 Å². The fraction of sp³-hybridized carbons (Fsp3) is 0.182. The molecule has 0 bridgehead atoms. The molecule has 0 aromatic heterocycles. The molecule has 1 rings (SSSR count). The van der Waals surface area contributed by atoms with Crippen molar-refractivity contribution in [3.05, 3.63) is 41.0 Å². The van der Waals surface area contributed by atoms with Crippen molar-refractivity contribution >= 4 is 16.6 Å². The lowest BCUT2D eigenvalue weighted by Gasteiger charge is -2.02. The van der Waals surface area contributed by atoms with E-state index in [0.29, 0.717) is 5.03 Å². The van der Waals surface area contributed by atoms with Crippen LogP contribution in [0.25, 0.3) is 5.03 Å². The van der Waals surface area contributed by atoms with E-state index in [4.69, 9.17) is 16.9 Å². The Morgan fingerprint density at radius 1 is 1.38 bits per heavy atom. The van der Waals surface area contributed by atoms with Gasteiger partial charge in [-0.1, -0.05) is 29.8 Å². The van der Waals surface area contributed by atoms with Crippen LogP contribution in [-0.4, -0.2) is 0 Å². The average Bonchev–Trinajstić information content (AvgIpc) is 2.10. The van der Waals surface area contributed by atoms with E-state index < -0.39 is 0 Å². The van der Waals surface area contributed by atoms with Crippen LogP contribution in [0, 0.1) is 25.2 Å². The molecule has 13 heavy (non-hydrogen) atoms. The molecule has 0 saturated carbocycles. The predicted octanol–water partition coefficient (Wildman–Crippen LogP) is 3.41. The van der Waals surface area contributed by atoms with Crippen LogP contribution < -0.4 is 0 Å².